The number of hydrogen-bond donors (Lipinski definition) is 1. The van der Waals surface area contributed by atoms with E-state index in [2.05, 4.69) is 36.5 Å². The third kappa shape index (κ3) is 1.50. The van der Waals surface area contributed by atoms with E-state index in [0.29, 0.717) is 0 Å². The van der Waals surface area contributed by atoms with Crippen LogP contribution < -0.4 is 5.32 Å². The maximum absolute atomic E-state index is 3.50. The molecule has 3 atom stereocenters. The van der Waals surface area contributed by atoms with Crippen molar-refractivity contribution in [2.75, 3.05) is 13.1 Å². The predicted molar refractivity (Wildman–Crippen MR) is 63.0 cm³/mol. The average Bonchev–Trinajstić information content (AvgIpc) is 3.00. The van der Waals surface area contributed by atoms with Gasteiger partial charge >= 0.3 is 0 Å². The molecular formula is C14H19N. The molecule has 1 aromatic rings. The van der Waals surface area contributed by atoms with Crippen LogP contribution in [0.15, 0.2) is 24.3 Å². The van der Waals surface area contributed by atoms with E-state index >= 15 is 0 Å². The van der Waals surface area contributed by atoms with Gasteiger partial charge in [-0.3, -0.25) is 0 Å². The van der Waals surface area contributed by atoms with Gasteiger partial charge in [0.2, 0.25) is 0 Å². The van der Waals surface area contributed by atoms with E-state index in [4.69, 9.17) is 0 Å². The molecule has 0 amide bonds. The lowest BCUT2D eigenvalue weighted by Gasteiger charge is -2.13. The monoisotopic (exact) mass is 201 g/mol. The fourth-order valence-electron chi connectivity index (χ4n) is 3.30. The molecule has 1 fully saturated rings. The van der Waals surface area contributed by atoms with E-state index in [1.54, 1.807) is 11.1 Å². The summed E-state index contributed by atoms with van der Waals surface area (Å²) in [5.41, 5.74) is 3.26. The summed E-state index contributed by atoms with van der Waals surface area (Å²) in [6.07, 6.45) is 2.72. The molecule has 1 saturated carbocycles. The molecule has 0 saturated heterocycles. The van der Waals surface area contributed by atoms with E-state index in [9.17, 15) is 0 Å². The van der Waals surface area contributed by atoms with Gasteiger partial charge in [0.1, 0.15) is 0 Å². The highest BCUT2D eigenvalue weighted by Gasteiger charge is 2.52. The Balaban J connectivity index is 1.78. The second kappa shape index (κ2) is 3.64. The van der Waals surface area contributed by atoms with Crippen LogP contribution in [0.5, 0.6) is 0 Å². The zero-order valence-corrected chi connectivity index (χ0v) is 9.37. The molecule has 15 heavy (non-hydrogen) atoms. The Bertz CT molecular complexity index is 358. The number of benzene rings is 1. The molecule has 0 bridgehead atoms. The second-order valence-corrected chi connectivity index (χ2v) is 4.90. The van der Waals surface area contributed by atoms with Crippen LogP contribution in [0.25, 0.3) is 0 Å². The topological polar surface area (TPSA) is 12.0 Å². The smallest absolute Gasteiger partial charge is 0.00118 e. The van der Waals surface area contributed by atoms with Crippen LogP contribution >= 0.6 is 0 Å². The van der Waals surface area contributed by atoms with E-state index in [0.717, 1.165) is 24.3 Å². The number of fused-ring (bicyclic) bond motifs is 3. The minimum Gasteiger partial charge on any atom is -0.317 e. The molecule has 80 valence electrons. The van der Waals surface area contributed by atoms with Crippen LogP contribution in [0.2, 0.25) is 0 Å². The highest BCUT2D eigenvalue weighted by atomic mass is 14.9. The Labute approximate surface area is 91.9 Å². The lowest BCUT2D eigenvalue weighted by molar-refractivity contribution is 0.590. The van der Waals surface area contributed by atoms with Crippen LogP contribution in [-0.2, 0) is 6.42 Å². The Hall–Kier alpha value is -0.820. The molecule has 3 rings (SSSR count). The van der Waals surface area contributed by atoms with Gasteiger partial charge in [-0.25, -0.2) is 0 Å². The first-order valence-corrected chi connectivity index (χ1v) is 6.20. The van der Waals surface area contributed by atoms with Crippen molar-refractivity contribution in [1.82, 2.24) is 5.32 Å². The molecule has 2 aliphatic rings. The quantitative estimate of drug-likeness (QED) is 0.792. The normalized spacial score (nSPS) is 31.9. The number of nitrogens with one attached hydrogen (secondary N) is 1. The molecule has 0 aliphatic heterocycles. The molecule has 3 unspecified atom stereocenters. The molecule has 1 heteroatoms. The van der Waals surface area contributed by atoms with E-state index in [-0.39, 0.29) is 0 Å². The maximum atomic E-state index is 3.50. The molecule has 1 N–H and O–H groups in total. The summed E-state index contributed by atoms with van der Waals surface area (Å²) in [5, 5.41) is 3.50. The van der Waals surface area contributed by atoms with Gasteiger partial charge < -0.3 is 5.32 Å². The number of hydrogen-bond acceptors (Lipinski definition) is 1. The van der Waals surface area contributed by atoms with Crippen molar-refractivity contribution in [2.24, 2.45) is 11.8 Å². The van der Waals surface area contributed by atoms with Gasteiger partial charge in [0.15, 0.2) is 0 Å². The molecule has 0 aromatic heterocycles. The predicted octanol–water partition coefficient (Wildman–Crippen LogP) is 2.57. The van der Waals surface area contributed by atoms with Crippen molar-refractivity contribution in [3.63, 3.8) is 0 Å². The third-order valence-electron chi connectivity index (χ3n) is 4.12. The van der Waals surface area contributed by atoms with Gasteiger partial charge in [-0.1, -0.05) is 31.2 Å². The zero-order chi connectivity index (χ0) is 10.3. The molecule has 2 aliphatic carbocycles. The Morgan fingerprint density at radius 2 is 2.20 bits per heavy atom. The zero-order valence-electron chi connectivity index (χ0n) is 9.37. The minimum atomic E-state index is 0.883. The second-order valence-electron chi connectivity index (χ2n) is 4.90. The molecule has 1 nitrogen and oxygen atoms in total. The summed E-state index contributed by atoms with van der Waals surface area (Å²) in [6, 6.07) is 9.04. The first-order chi connectivity index (χ1) is 7.42. The first kappa shape index (κ1) is 9.41. The largest absolute Gasteiger partial charge is 0.317 e. The van der Waals surface area contributed by atoms with Crippen molar-refractivity contribution < 1.29 is 0 Å². The van der Waals surface area contributed by atoms with Gasteiger partial charge in [-0.05, 0) is 54.8 Å². The van der Waals surface area contributed by atoms with Gasteiger partial charge in [0, 0.05) is 0 Å². The van der Waals surface area contributed by atoms with Gasteiger partial charge in [0.25, 0.3) is 0 Å². The number of rotatable bonds is 3. The molecule has 1 aromatic carbocycles. The van der Waals surface area contributed by atoms with Crippen molar-refractivity contribution in [3.8, 4) is 0 Å². The molecule has 0 spiro atoms. The van der Waals surface area contributed by atoms with E-state index in [1.165, 1.54) is 19.4 Å². The Kier molecular flexibility index (Phi) is 2.28. The van der Waals surface area contributed by atoms with Gasteiger partial charge in [-0.2, -0.15) is 0 Å². The maximum Gasteiger partial charge on any atom is -0.00118 e. The molecule has 0 radical (unpaired) electrons. The van der Waals surface area contributed by atoms with Gasteiger partial charge in [0.05, 0.1) is 0 Å². The Morgan fingerprint density at radius 1 is 1.33 bits per heavy atom. The molecular weight excluding hydrogens is 182 g/mol. The van der Waals surface area contributed by atoms with Crippen LogP contribution in [0.4, 0.5) is 0 Å². The van der Waals surface area contributed by atoms with Crippen molar-refractivity contribution in [3.05, 3.63) is 35.4 Å². The van der Waals surface area contributed by atoms with Gasteiger partial charge in [-0.15, -0.1) is 0 Å². The van der Waals surface area contributed by atoms with Crippen molar-refractivity contribution >= 4 is 0 Å². The lowest BCUT2D eigenvalue weighted by Crippen LogP contribution is -2.16. The summed E-state index contributed by atoms with van der Waals surface area (Å²) in [7, 11) is 0. The van der Waals surface area contributed by atoms with Crippen molar-refractivity contribution in [2.45, 2.75) is 25.7 Å². The number of aryl methyl sites for hydroxylation is 1. The molecule has 0 heterocycles. The van der Waals surface area contributed by atoms with Crippen molar-refractivity contribution in [1.29, 1.82) is 0 Å². The average molecular weight is 201 g/mol. The van der Waals surface area contributed by atoms with Crippen LogP contribution in [0.1, 0.15) is 30.4 Å². The van der Waals surface area contributed by atoms with E-state index in [1.807, 2.05) is 0 Å². The summed E-state index contributed by atoms with van der Waals surface area (Å²) in [6.45, 7) is 4.53. The summed E-state index contributed by atoms with van der Waals surface area (Å²) >= 11 is 0. The highest BCUT2D eigenvalue weighted by Crippen LogP contribution is 2.59. The van der Waals surface area contributed by atoms with Crippen LogP contribution in [-0.4, -0.2) is 13.1 Å². The fraction of sp³-hybridized carbons (Fsp3) is 0.571. The Morgan fingerprint density at radius 3 is 3.07 bits per heavy atom. The SMILES string of the molecule is CCNCC1C2CCc3ccccc3C21. The first-order valence-electron chi connectivity index (χ1n) is 6.20. The minimum absolute atomic E-state index is 0.883. The highest BCUT2D eigenvalue weighted by molar-refractivity contribution is 5.39. The lowest BCUT2D eigenvalue weighted by atomic mass is 9.92. The summed E-state index contributed by atoms with van der Waals surface area (Å²) in [5.74, 6) is 2.79. The fourth-order valence-corrected chi connectivity index (χ4v) is 3.30. The standard InChI is InChI=1S/C14H19N/c1-2-15-9-13-12-8-7-10-5-3-4-6-11(10)14(12)13/h3-6,12-15H,2,7-9H2,1H3. The van der Waals surface area contributed by atoms with Crippen LogP contribution in [0, 0.1) is 11.8 Å². The summed E-state index contributed by atoms with van der Waals surface area (Å²) < 4.78 is 0. The third-order valence-corrected chi connectivity index (χ3v) is 4.12. The van der Waals surface area contributed by atoms with E-state index < -0.39 is 0 Å². The summed E-state index contributed by atoms with van der Waals surface area (Å²) in [4.78, 5) is 0. The van der Waals surface area contributed by atoms with Crippen LogP contribution in [0.3, 0.4) is 0 Å².